The van der Waals surface area contributed by atoms with E-state index in [9.17, 15) is 4.79 Å². The highest BCUT2D eigenvalue weighted by Gasteiger charge is 2.30. The van der Waals surface area contributed by atoms with E-state index in [1.807, 2.05) is 31.2 Å². The number of hydrogen-bond donors (Lipinski definition) is 0. The SMILES string of the molecule is CCC1CSC(=Nc2ccc(C)cc2C)N1CC(=O)c1ccc(C)cc1. The standard InChI is InChI=1S/C22H26N2OS/c1-5-19-14-26-22(23-20-11-8-16(3)12-17(20)4)24(19)13-21(25)18-9-6-15(2)7-10-18/h6-12,19H,5,13-14H2,1-4H3. The Morgan fingerprint density at radius 3 is 2.46 bits per heavy atom. The number of aliphatic imine (C=N–C) groups is 1. The van der Waals surface area contributed by atoms with Crippen LogP contribution in [0.3, 0.4) is 0 Å². The molecule has 1 atom stereocenters. The lowest BCUT2D eigenvalue weighted by atomic mass is 10.1. The first-order valence-electron chi connectivity index (χ1n) is 9.13. The Bertz CT molecular complexity index is 827. The highest BCUT2D eigenvalue weighted by molar-refractivity contribution is 8.14. The molecule has 0 aromatic heterocycles. The van der Waals surface area contributed by atoms with Crippen molar-refractivity contribution in [3.05, 3.63) is 64.7 Å². The van der Waals surface area contributed by atoms with Crippen LogP contribution < -0.4 is 0 Å². The first-order valence-corrected chi connectivity index (χ1v) is 10.1. The molecule has 3 nitrogen and oxygen atoms in total. The highest BCUT2D eigenvalue weighted by atomic mass is 32.2. The number of benzene rings is 2. The molecule has 1 aliphatic rings. The van der Waals surface area contributed by atoms with Gasteiger partial charge in [0.05, 0.1) is 12.2 Å². The lowest BCUT2D eigenvalue weighted by Gasteiger charge is -2.24. The fourth-order valence-electron chi connectivity index (χ4n) is 3.15. The molecule has 1 saturated heterocycles. The van der Waals surface area contributed by atoms with Crippen molar-refractivity contribution in [3.63, 3.8) is 0 Å². The topological polar surface area (TPSA) is 32.7 Å². The van der Waals surface area contributed by atoms with E-state index in [1.54, 1.807) is 11.8 Å². The van der Waals surface area contributed by atoms with Crippen LogP contribution in [0, 0.1) is 20.8 Å². The fourth-order valence-corrected chi connectivity index (χ4v) is 4.45. The Morgan fingerprint density at radius 2 is 1.81 bits per heavy atom. The number of Topliss-reactive ketones (excluding diaryl/α,β-unsaturated/α-hetero) is 1. The summed E-state index contributed by atoms with van der Waals surface area (Å²) in [7, 11) is 0. The average molecular weight is 367 g/mol. The van der Waals surface area contributed by atoms with Crippen LogP contribution in [0.5, 0.6) is 0 Å². The summed E-state index contributed by atoms with van der Waals surface area (Å²) in [6.45, 7) is 8.78. The summed E-state index contributed by atoms with van der Waals surface area (Å²) in [6, 6.07) is 14.5. The zero-order valence-electron chi connectivity index (χ0n) is 16.0. The molecule has 0 radical (unpaired) electrons. The van der Waals surface area contributed by atoms with Gasteiger partial charge in [0, 0.05) is 17.4 Å². The van der Waals surface area contributed by atoms with Crippen molar-refractivity contribution >= 4 is 28.4 Å². The van der Waals surface area contributed by atoms with Crippen LogP contribution in [0.15, 0.2) is 47.5 Å². The lowest BCUT2D eigenvalue weighted by molar-refractivity contribution is 0.0953. The normalized spacial score (nSPS) is 18.5. The summed E-state index contributed by atoms with van der Waals surface area (Å²) in [4.78, 5) is 19.9. The molecule has 26 heavy (non-hydrogen) atoms. The molecule has 0 saturated carbocycles. The molecular formula is C22H26N2OS. The van der Waals surface area contributed by atoms with Crippen molar-refractivity contribution in [2.45, 2.75) is 40.2 Å². The lowest BCUT2D eigenvalue weighted by Crippen LogP contribution is -2.37. The van der Waals surface area contributed by atoms with Gasteiger partial charge in [0.15, 0.2) is 11.0 Å². The molecule has 136 valence electrons. The maximum atomic E-state index is 12.8. The number of thioether (sulfide) groups is 1. The predicted octanol–water partition coefficient (Wildman–Crippen LogP) is 5.31. The Hall–Kier alpha value is -2.07. The number of rotatable bonds is 5. The molecule has 1 fully saturated rings. The molecule has 1 unspecified atom stereocenters. The molecule has 4 heteroatoms. The summed E-state index contributed by atoms with van der Waals surface area (Å²) < 4.78 is 0. The van der Waals surface area contributed by atoms with Gasteiger partial charge in [-0.1, -0.05) is 66.2 Å². The Labute approximate surface area is 160 Å². The molecule has 0 spiro atoms. The minimum atomic E-state index is 0.152. The number of amidine groups is 1. The number of aryl methyl sites for hydroxylation is 3. The molecule has 2 aromatic rings. The minimum Gasteiger partial charge on any atom is -0.340 e. The third kappa shape index (κ3) is 4.18. The molecule has 0 N–H and O–H groups in total. The number of carbonyl (C=O) groups is 1. The van der Waals surface area contributed by atoms with Gasteiger partial charge in [0.25, 0.3) is 0 Å². The number of carbonyl (C=O) groups excluding carboxylic acids is 1. The monoisotopic (exact) mass is 366 g/mol. The van der Waals surface area contributed by atoms with E-state index in [0.29, 0.717) is 12.6 Å². The Balaban J connectivity index is 1.84. The van der Waals surface area contributed by atoms with Gasteiger partial charge in [-0.3, -0.25) is 4.79 Å². The second kappa shape index (κ2) is 8.09. The molecular weight excluding hydrogens is 340 g/mol. The largest absolute Gasteiger partial charge is 0.340 e. The second-order valence-electron chi connectivity index (χ2n) is 6.97. The van der Waals surface area contributed by atoms with Crippen molar-refractivity contribution in [2.75, 3.05) is 12.3 Å². The first kappa shape index (κ1) is 18.7. The Morgan fingerprint density at radius 1 is 1.12 bits per heavy atom. The summed E-state index contributed by atoms with van der Waals surface area (Å²) in [5, 5.41) is 0.962. The van der Waals surface area contributed by atoms with Crippen molar-refractivity contribution in [2.24, 2.45) is 4.99 Å². The number of ketones is 1. The third-order valence-electron chi connectivity index (χ3n) is 4.82. The smallest absolute Gasteiger partial charge is 0.182 e. The van der Waals surface area contributed by atoms with Crippen LogP contribution in [0.2, 0.25) is 0 Å². The molecule has 0 bridgehead atoms. The summed E-state index contributed by atoms with van der Waals surface area (Å²) in [6.07, 6.45) is 1.01. The van der Waals surface area contributed by atoms with Crippen molar-refractivity contribution in [3.8, 4) is 0 Å². The van der Waals surface area contributed by atoms with Crippen molar-refractivity contribution < 1.29 is 4.79 Å². The van der Waals surface area contributed by atoms with Gasteiger partial charge in [-0.25, -0.2) is 4.99 Å². The fraction of sp³-hybridized carbons (Fsp3) is 0.364. The maximum absolute atomic E-state index is 12.8. The molecule has 1 aliphatic heterocycles. The maximum Gasteiger partial charge on any atom is 0.182 e. The summed E-state index contributed by atoms with van der Waals surface area (Å²) in [5.74, 6) is 1.14. The average Bonchev–Trinajstić information content (AvgIpc) is 2.99. The predicted molar refractivity (Wildman–Crippen MR) is 112 cm³/mol. The van der Waals surface area contributed by atoms with Crippen LogP contribution in [-0.2, 0) is 0 Å². The molecule has 0 amide bonds. The summed E-state index contributed by atoms with van der Waals surface area (Å²) in [5.41, 5.74) is 5.34. The van der Waals surface area contributed by atoms with E-state index in [0.717, 1.165) is 28.6 Å². The molecule has 0 aliphatic carbocycles. The highest BCUT2D eigenvalue weighted by Crippen LogP contribution is 2.30. The van der Waals surface area contributed by atoms with Gasteiger partial charge in [0.1, 0.15) is 0 Å². The van der Waals surface area contributed by atoms with Gasteiger partial charge in [-0.2, -0.15) is 0 Å². The van der Waals surface area contributed by atoms with Crippen molar-refractivity contribution in [1.29, 1.82) is 0 Å². The third-order valence-corrected chi connectivity index (χ3v) is 5.95. The summed E-state index contributed by atoms with van der Waals surface area (Å²) >= 11 is 1.75. The zero-order valence-corrected chi connectivity index (χ0v) is 16.8. The van der Waals surface area contributed by atoms with E-state index < -0.39 is 0 Å². The van der Waals surface area contributed by atoms with Gasteiger partial charge in [0.2, 0.25) is 0 Å². The first-order chi connectivity index (χ1) is 12.5. The van der Waals surface area contributed by atoms with Crippen LogP contribution in [-0.4, -0.2) is 34.2 Å². The van der Waals surface area contributed by atoms with Crippen LogP contribution in [0.1, 0.15) is 40.4 Å². The van der Waals surface area contributed by atoms with Gasteiger partial charge in [-0.15, -0.1) is 0 Å². The molecule has 2 aromatic carbocycles. The number of nitrogens with zero attached hydrogens (tertiary/aromatic N) is 2. The molecule has 1 heterocycles. The van der Waals surface area contributed by atoms with E-state index in [2.05, 4.69) is 43.9 Å². The van der Waals surface area contributed by atoms with Crippen LogP contribution in [0.4, 0.5) is 5.69 Å². The number of hydrogen-bond acceptors (Lipinski definition) is 3. The van der Waals surface area contributed by atoms with Gasteiger partial charge >= 0.3 is 0 Å². The van der Waals surface area contributed by atoms with Crippen LogP contribution >= 0.6 is 11.8 Å². The molecule has 3 rings (SSSR count). The second-order valence-corrected chi connectivity index (χ2v) is 7.96. The quantitative estimate of drug-likeness (QED) is 0.672. The zero-order chi connectivity index (χ0) is 18.7. The van der Waals surface area contributed by atoms with E-state index in [-0.39, 0.29) is 5.78 Å². The Kier molecular flexibility index (Phi) is 5.82. The van der Waals surface area contributed by atoms with Crippen molar-refractivity contribution in [1.82, 2.24) is 4.90 Å². The van der Waals surface area contributed by atoms with Gasteiger partial charge < -0.3 is 4.90 Å². The van der Waals surface area contributed by atoms with Gasteiger partial charge in [-0.05, 0) is 38.8 Å². The van der Waals surface area contributed by atoms with E-state index >= 15 is 0 Å². The van der Waals surface area contributed by atoms with E-state index in [4.69, 9.17) is 4.99 Å². The van der Waals surface area contributed by atoms with E-state index in [1.165, 1.54) is 16.7 Å². The van der Waals surface area contributed by atoms with Crippen LogP contribution in [0.25, 0.3) is 0 Å². The minimum absolute atomic E-state index is 0.152.